The van der Waals surface area contributed by atoms with Crippen molar-refractivity contribution in [1.29, 1.82) is 0 Å². The van der Waals surface area contributed by atoms with Crippen molar-refractivity contribution in [3.63, 3.8) is 0 Å². The predicted octanol–water partition coefficient (Wildman–Crippen LogP) is 0.0455. The van der Waals surface area contributed by atoms with Gasteiger partial charge < -0.3 is 24.3 Å². The number of benzene rings is 2. The van der Waals surface area contributed by atoms with Crippen LogP contribution in [0, 0.1) is 20.3 Å². The molecule has 4 nitrogen and oxygen atoms in total. The van der Waals surface area contributed by atoms with Crippen molar-refractivity contribution in [2.45, 2.75) is 16.7 Å². The first kappa shape index (κ1) is 22.6. The van der Waals surface area contributed by atoms with Crippen LogP contribution in [0.25, 0.3) is 0 Å². The van der Waals surface area contributed by atoms with Crippen molar-refractivity contribution in [3.8, 4) is 5.75 Å². The maximum atomic E-state index is 12.3. The molecule has 0 amide bonds. The van der Waals surface area contributed by atoms with Crippen molar-refractivity contribution >= 4 is 9.84 Å². The molecule has 0 heterocycles. The van der Waals surface area contributed by atoms with Gasteiger partial charge in [0.25, 0.3) is 0 Å². The molecular formula is C18H22LiNO3S-2. The molecule has 0 aromatic heterocycles. The molecule has 0 unspecified atom stereocenters. The Bertz CT molecular complexity index is 698. The Morgan fingerprint density at radius 3 is 2.04 bits per heavy atom. The zero-order valence-corrected chi connectivity index (χ0v) is 15.0. The molecule has 0 saturated heterocycles. The second kappa shape index (κ2) is 11.2. The second-order valence-electron chi connectivity index (χ2n) is 4.61. The van der Waals surface area contributed by atoms with E-state index in [2.05, 4.69) is 19.2 Å². The van der Waals surface area contributed by atoms with Gasteiger partial charge in [-0.05, 0) is 18.2 Å². The van der Waals surface area contributed by atoms with E-state index in [4.69, 9.17) is 0 Å². The van der Waals surface area contributed by atoms with Crippen molar-refractivity contribution in [2.24, 2.45) is 0 Å². The van der Waals surface area contributed by atoms with Gasteiger partial charge in [0.15, 0.2) is 0 Å². The molecule has 2 N–H and O–H groups in total. The largest absolute Gasteiger partial charge is 1.00 e. The van der Waals surface area contributed by atoms with Crippen LogP contribution in [0.5, 0.6) is 5.75 Å². The van der Waals surface area contributed by atoms with Crippen LogP contribution in [-0.2, 0) is 9.84 Å². The van der Waals surface area contributed by atoms with Crippen molar-refractivity contribution in [3.05, 3.63) is 74.4 Å². The average molecular weight is 339 g/mol. The Balaban J connectivity index is 0.000000777. The average Bonchev–Trinajstić information content (AvgIpc) is 2.56. The normalized spacial score (nSPS) is 10.1. The van der Waals surface area contributed by atoms with Crippen LogP contribution in [0.2, 0.25) is 0 Å². The Kier molecular flexibility index (Phi) is 10.6. The van der Waals surface area contributed by atoms with E-state index in [0.717, 1.165) is 18.7 Å². The maximum Gasteiger partial charge on any atom is 1.00 e. The predicted molar refractivity (Wildman–Crippen MR) is 92.7 cm³/mol. The molecule has 0 spiro atoms. The van der Waals surface area contributed by atoms with Gasteiger partial charge in [0, 0.05) is 4.90 Å². The topological polar surface area (TPSA) is 66.4 Å². The van der Waals surface area contributed by atoms with Crippen LogP contribution in [0.3, 0.4) is 0 Å². The third kappa shape index (κ3) is 6.62. The van der Waals surface area contributed by atoms with E-state index in [0.29, 0.717) is 0 Å². The fourth-order valence-corrected chi connectivity index (χ4v) is 3.05. The van der Waals surface area contributed by atoms with Gasteiger partial charge in [-0.2, -0.15) is 24.1 Å². The molecule has 2 aromatic carbocycles. The Morgan fingerprint density at radius 1 is 1.04 bits per heavy atom. The summed E-state index contributed by atoms with van der Waals surface area (Å²) in [5, 5.41) is 12.2. The number of sulfone groups is 1. The van der Waals surface area contributed by atoms with Gasteiger partial charge >= 0.3 is 18.9 Å². The van der Waals surface area contributed by atoms with Gasteiger partial charge in [0.1, 0.15) is 5.75 Å². The monoisotopic (exact) mass is 339 g/mol. The summed E-state index contributed by atoms with van der Waals surface area (Å²) >= 11 is 0. The fraction of sp³-hybridized carbons (Fsp3) is 0.167. The first-order valence-electron chi connectivity index (χ1n) is 7.18. The van der Waals surface area contributed by atoms with E-state index < -0.39 is 9.84 Å². The summed E-state index contributed by atoms with van der Waals surface area (Å²) in [5.41, 5.74) is 0.963. The van der Waals surface area contributed by atoms with Crippen LogP contribution in [0.15, 0.2) is 58.3 Å². The minimum absolute atomic E-state index is 0. The summed E-state index contributed by atoms with van der Waals surface area (Å²) in [5.74, 6) is -0.0606. The number of phenols is 1. The van der Waals surface area contributed by atoms with Gasteiger partial charge in [0.2, 0.25) is 9.84 Å². The van der Waals surface area contributed by atoms with Crippen LogP contribution in [-0.4, -0.2) is 26.6 Å². The van der Waals surface area contributed by atoms with Gasteiger partial charge in [0.05, 0.1) is 4.90 Å². The summed E-state index contributed by atoms with van der Waals surface area (Å²) in [4.78, 5) is 0.314. The molecule has 0 saturated carbocycles. The first-order valence-corrected chi connectivity index (χ1v) is 8.66. The SMILES string of the molecule is C[CH-]c1ccc(S(=O)(=O)c2cccc(O)c2)cc1.[CH2-]CNC[CH2-].[Li+]. The summed E-state index contributed by atoms with van der Waals surface area (Å²) in [6, 6.07) is 12.3. The standard InChI is InChI=1S/C14H13O3S.C4H9N.Li/c1-2-11-6-8-13(9-7-11)18(16,17)14-5-3-4-12(15)10-14;1-3-5-4-2;/h2-10,15H,1H3;5H,1-4H2;/q-1;-2;+1. The van der Waals surface area contributed by atoms with E-state index >= 15 is 0 Å². The van der Waals surface area contributed by atoms with E-state index in [9.17, 15) is 13.5 Å². The number of hydrogen-bond acceptors (Lipinski definition) is 4. The Morgan fingerprint density at radius 2 is 1.62 bits per heavy atom. The molecule has 0 bridgehead atoms. The van der Waals surface area contributed by atoms with E-state index in [1.54, 1.807) is 24.3 Å². The van der Waals surface area contributed by atoms with Crippen molar-refractivity contribution in [1.82, 2.24) is 5.32 Å². The Labute approximate surface area is 157 Å². The zero-order valence-electron chi connectivity index (χ0n) is 14.2. The number of phenolic OH excluding ortho intramolecular Hbond substituents is 1. The summed E-state index contributed by atoms with van der Waals surface area (Å²) in [6.07, 6.45) is 1.89. The fourth-order valence-electron chi connectivity index (χ4n) is 1.75. The van der Waals surface area contributed by atoms with E-state index in [1.807, 2.05) is 13.3 Å². The van der Waals surface area contributed by atoms with Gasteiger partial charge in [-0.15, -0.1) is 13.1 Å². The number of aromatic hydroxyl groups is 1. The van der Waals surface area contributed by atoms with Gasteiger partial charge in [-0.1, -0.05) is 25.1 Å². The number of hydrogen-bond donors (Lipinski definition) is 2. The molecule has 24 heavy (non-hydrogen) atoms. The number of rotatable bonds is 5. The van der Waals surface area contributed by atoms with Gasteiger partial charge in [-0.25, -0.2) is 8.42 Å². The number of nitrogens with one attached hydrogen (secondary N) is 1. The Hall–Kier alpha value is -1.38. The summed E-state index contributed by atoms with van der Waals surface area (Å²) in [6.45, 7) is 10.5. The van der Waals surface area contributed by atoms with Crippen LogP contribution < -0.4 is 24.2 Å². The maximum absolute atomic E-state index is 12.3. The minimum Gasteiger partial charge on any atom is -0.508 e. The second-order valence-corrected chi connectivity index (χ2v) is 6.56. The van der Waals surface area contributed by atoms with Crippen LogP contribution >= 0.6 is 0 Å². The summed E-state index contributed by atoms with van der Waals surface area (Å²) in [7, 11) is -3.56. The van der Waals surface area contributed by atoms with Gasteiger partial charge in [-0.3, -0.25) is 0 Å². The van der Waals surface area contributed by atoms with Crippen molar-refractivity contribution in [2.75, 3.05) is 13.1 Å². The molecule has 0 fully saturated rings. The molecular weight excluding hydrogens is 317 g/mol. The molecule has 0 aliphatic rings. The molecule has 0 radical (unpaired) electrons. The third-order valence-electron chi connectivity index (χ3n) is 3.01. The zero-order chi connectivity index (χ0) is 17.3. The molecule has 126 valence electrons. The van der Waals surface area contributed by atoms with E-state index in [-0.39, 0.29) is 34.4 Å². The molecule has 6 heteroatoms. The third-order valence-corrected chi connectivity index (χ3v) is 4.77. The van der Waals surface area contributed by atoms with Crippen molar-refractivity contribution < 1.29 is 32.4 Å². The van der Waals surface area contributed by atoms with Crippen LogP contribution in [0.4, 0.5) is 0 Å². The summed E-state index contributed by atoms with van der Waals surface area (Å²) < 4.78 is 24.5. The van der Waals surface area contributed by atoms with Crippen LogP contribution in [0.1, 0.15) is 12.5 Å². The molecule has 0 aliphatic carbocycles. The smallest absolute Gasteiger partial charge is 0.508 e. The molecule has 0 atom stereocenters. The first-order chi connectivity index (χ1) is 11.0. The van der Waals surface area contributed by atoms with E-state index in [1.165, 1.54) is 24.3 Å². The minimum atomic E-state index is -3.56. The molecule has 0 aliphatic heterocycles. The molecule has 2 rings (SSSR count). The quantitative estimate of drug-likeness (QED) is 0.597. The molecule has 2 aromatic rings.